The normalized spacial score (nSPS) is 20.4. The molecule has 17 heavy (non-hydrogen) atoms. The minimum Gasteiger partial charge on any atom is -0.332 e. The first kappa shape index (κ1) is 12.0. The summed E-state index contributed by atoms with van der Waals surface area (Å²) in [6.45, 7) is 4.71. The van der Waals surface area contributed by atoms with Crippen LogP contribution in [0.4, 0.5) is 0 Å². The van der Waals surface area contributed by atoms with Crippen molar-refractivity contribution in [1.29, 1.82) is 0 Å². The van der Waals surface area contributed by atoms with E-state index in [0.29, 0.717) is 18.7 Å². The van der Waals surface area contributed by atoms with Crippen molar-refractivity contribution in [2.75, 3.05) is 26.2 Å². The number of nitrogens with one attached hydrogen (secondary N) is 1. The number of hydrogen-bond donors (Lipinski definition) is 2. The van der Waals surface area contributed by atoms with Gasteiger partial charge in [0.25, 0.3) is 5.91 Å². The number of hydrogen-bond acceptors (Lipinski definition) is 4. The molecule has 1 aliphatic heterocycles. The van der Waals surface area contributed by atoms with Crippen LogP contribution < -0.4 is 11.1 Å². The smallest absolute Gasteiger partial charge is 0.255 e. The van der Waals surface area contributed by atoms with Crippen molar-refractivity contribution in [3.63, 3.8) is 0 Å². The number of carbonyl (C=O) groups excluding carboxylic acids is 1. The second-order valence-electron chi connectivity index (χ2n) is 4.34. The largest absolute Gasteiger partial charge is 0.332 e. The van der Waals surface area contributed by atoms with Gasteiger partial charge in [0.1, 0.15) is 0 Å². The summed E-state index contributed by atoms with van der Waals surface area (Å²) in [5.74, 6) is 0.0261. The molecule has 1 aromatic heterocycles. The van der Waals surface area contributed by atoms with Gasteiger partial charge in [-0.05, 0) is 18.6 Å². The molecule has 1 aliphatic rings. The third-order valence-corrected chi connectivity index (χ3v) is 3.01. The summed E-state index contributed by atoms with van der Waals surface area (Å²) in [5, 5.41) is 3.24. The molecule has 2 heterocycles. The molecule has 0 saturated carbocycles. The van der Waals surface area contributed by atoms with Crippen molar-refractivity contribution in [2.24, 2.45) is 5.73 Å². The lowest BCUT2D eigenvalue weighted by Crippen LogP contribution is -2.56. The molecule has 1 unspecified atom stereocenters. The Morgan fingerprint density at radius 2 is 2.47 bits per heavy atom. The molecule has 1 fully saturated rings. The molecule has 92 valence electrons. The molecule has 0 spiro atoms. The lowest BCUT2D eigenvalue weighted by Gasteiger charge is -2.35. The van der Waals surface area contributed by atoms with Gasteiger partial charge in [0.2, 0.25) is 0 Å². The molecule has 1 amide bonds. The average Bonchev–Trinajstić information content (AvgIpc) is 2.38. The first-order valence-electron chi connectivity index (χ1n) is 5.86. The van der Waals surface area contributed by atoms with E-state index in [1.54, 1.807) is 12.4 Å². The monoisotopic (exact) mass is 234 g/mol. The predicted octanol–water partition coefficient (Wildman–Crippen LogP) is -0.237. The molecule has 2 rings (SSSR count). The average molecular weight is 234 g/mol. The van der Waals surface area contributed by atoms with Crippen LogP contribution >= 0.6 is 0 Å². The lowest BCUT2D eigenvalue weighted by atomic mass is 10.1. The van der Waals surface area contributed by atoms with Gasteiger partial charge in [-0.3, -0.25) is 9.78 Å². The first-order chi connectivity index (χ1) is 8.22. The van der Waals surface area contributed by atoms with E-state index in [2.05, 4.69) is 10.3 Å². The number of pyridine rings is 1. The van der Waals surface area contributed by atoms with Crippen LogP contribution in [0.3, 0.4) is 0 Å². The highest BCUT2D eigenvalue weighted by Crippen LogP contribution is 2.10. The van der Waals surface area contributed by atoms with Gasteiger partial charge in [-0.2, -0.15) is 0 Å². The standard InChI is InChI=1S/C12H18N4O/c1-9-4-10(7-15-6-9)12(17)16-3-2-14-8-11(16)5-13/h4,6-7,11,14H,2-3,5,8,13H2,1H3. The Kier molecular flexibility index (Phi) is 3.71. The maximum atomic E-state index is 12.3. The van der Waals surface area contributed by atoms with E-state index in [9.17, 15) is 4.79 Å². The SMILES string of the molecule is Cc1cncc(C(=O)N2CCNCC2CN)c1. The van der Waals surface area contributed by atoms with E-state index in [0.717, 1.165) is 18.7 Å². The Morgan fingerprint density at radius 1 is 1.65 bits per heavy atom. The fourth-order valence-electron chi connectivity index (χ4n) is 2.08. The van der Waals surface area contributed by atoms with Gasteiger partial charge >= 0.3 is 0 Å². The molecule has 1 saturated heterocycles. The van der Waals surface area contributed by atoms with E-state index >= 15 is 0 Å². The van der Waals surface area contributed by atoms with E-state index in [4.69, 9.17) is 5.73 Å². The maximum absolute atomic E-state index is 12.3. The number of nitrogens with zero attached hydrogens (tertiary/aromatic N) is 2. The van der Waals surface area contributed by atoms with Gasteiger partial charge in [-0.15, -0.1) is 0 Å². The number of piperazine rings is 1. The number of amides is 1. The highest BCUT2D eigenvalue weighted by molar-refractivity contribution is 5.94. The molecule has 1 aromatic rings. The molecule has 0 aromatic carbocycles. The van der Waals surface area contributed by atoms with Crippen LogP contribution in [0.5, 0.6) is 0 Å². The quantitative estimate of drug-likeness (QED) is 0.741. The molecule has 0 bridgehead atoms. The summed E-state index contributed by atoms with van der Waals surface area (Å²) >= 11 is 0. The molecule has 1 atom stereocenters. The first-order valence-corrected chi connectivity index (χ1v) is 5.86. The molecule has 3 N–H and O–H groups in total. The number of nitrogens with two attached hydrogens (primary N) is 1. The van der Waals surface area contributed by atoms with Crippen LogP contribution in [0.25, 0.3) is 0 Å². The summed E-state index contributed by atoms with van der Waals surface area (Å²) in [5.41, 5.74) is 7.33. The third-order valence-electron chi connectivity index (χ3n) is 3.01. The number of carbonyl (C=O) groups is 1. The molecule has 0 radical (unpaired) electrons. The number of aromatic nitrogens is 1. The van der Waals surface area contributed by atoms with Gasteiger partial charge in [0.05, 0.1) is 11.6 Å². The summed E-state index contributed by atoms with van der Waals surface area (Å²) in [4.78, 5) is 18.2. The van der Waals surface area contributed by atoms with E-state index in [1.165, 1.54) is 0 Å². The maximum Gasteiger partial charge on any atom is 0.255 e. The topological polar surface area (TPSA) is 71.2 Å². The minimum absolute atomic E-state index is 0.0261. The Labute approximate surface area is 101 Å². The Hall–Kier alpha value is -1.46. The highest BCUT2D eigenvalue weighted by Gasteiger charge is 2.26. The number of aryl methyl sites for hydroxylation is 1. The van der Waals surface area contributed by atoms with Gasteiger partial charge in [-0.25, -0.2) is 0 Å². The van der Waals surface area contributed by atoms with Crippen molar-refractivity contribution >= 4 is 5.91 Å². The fourth-order valence-corrected chi connectivity index (χ4v) is 2.08. The second-order valence-corrected chi connectivity index (χ2v) is 4.34. The minimum atomic E-state index is 0.0261. The van der Waals surface area contributed by atoms with Crippen LogP contribution in [0, 0.1) is 6.92 Å². The zero-order valence-corrected chi connectivity index (χ0v) is 10.0. The van der Waals surface area contributed by atoms with Gasteiger partial charge in [0, 0.05) is 38.6 Å². The van der Waals surface area contributed by atoms with E-state index in [1.807, 2.05) is 17.9 Å². The predicted molar refractivity (Wildman–Crippen MR) is 65.7 cm³/mol. The zero-order valence-electron chi connectivity index (χ0n) is 10.0. The summed E-state index contributed by atoms with van der Waals surface area (Å²) in [6, 6.07) is 1.95. The summed E-state index contributed by atoms with van der Waals surface area (Å²) < 4.78 is 0. The van der Waals surface area contributed by atoms with Crippen LogP contribution in [0.2, 0.25) is 0 Å². The van der Waals surface area contributed by atoms with Gasteiger partial charge in [0.15, 0.2) is 0 Å². The van der Waals surface area contributed by atoms with Crippen molar-refractivity contribution in [3.05, 3.63) is 29.6 Å². The van der Waals surface area contributed by atoms with E-state index in [-0.39, 0.29) is 11.9 Å². The Bertz CT molecular complexity index is 407. The molecule has 5 heteroatoms. The van der Waals surface area contributed by atoms with Crippen molar-refractivity contribution in [1.82, 2.24) is 15.2 Å². The van der Waals surface area contributed by atoms with Gasteiger partial charge in [-0.1, -0.05) is 0 Å². The summed E-state index contributed by atoms with van der Waals surface area (Å²) in [6.07, 6.45) is 3.36. The lowest BCUT2D eigenvalue weighted by molar-refractivity contribution is 0.0644. The van der Waals surface area contributed by atoms with Gasteiger partial charge < -0.3 is 16.0 Å². The Morgan fingerprint density at radius 3 is 3.18 bits per heavy atom. The number of rotatable bonds is 2. The van der Waals surface area contributed by atoms with Crippen molar-refractivity contribution < 1.29 is 4.79 Å². The highest BCUT2D eigenvalue weighted by atomic mass is 16.2. The van der Waals surface area contributed by atoms with Crippen molar-refractivity contribution in [3.8, 4) is 0 Å². The molecular weight excluding hydrogens is 216 g/mol. The second kappa shape index (κ2) is 5.25. The van der Waals surface area contributed by atoms with E-state index < -0.39 is 0 Å². The van der Waals surface area contributed by atoms with Crippen LogP contribution in [0.15, 0.2) is 18.5 Å². The third kappa shape index (κ3) is 2.62. The Balaban J connectivity index is 2.18. The summed E-state index contributed by atoms with van der Waals surface area (Å²) in [7, 11) is 0. The molecule has 0 aliphatic carbocycles. The zero-order chi connectivity index (χ0) is 12.3. The van der Waals surface area contributed by atoms with Crippen molar-refractivity contribution in [2.45, 2.75) is 13.0 Å². The van der Waals surface area contributed by atoms with Crippen LogP contribution in [0.1, 0.15) is 15.9 Å². The van der Waals surface area contributed by atoms with Crippen LogP contribution in [-0.4, -0.2) is 48.0 Å². The molecular formula is C12H18N4O. The van der Waals surface area contributed by atoms with Crippen LogP contribution in [-0.2, 0) is 0 Å². The molecule has 5 nitrogen and oxygen atoms in total. The fraction of sp³-hybridized carbons (Fsp3) is 0.500.